The van der Waals surface area contributed by atoms with E-state index in [1.165, 1.54) is 14.2 Å². The maximum Gasteiger partial charge on any atom is 0.328 e. The Morgan fingerprint density at radius 3 is 2.26 bits per heavy atom. The van der Waals surface area contributed by atoms with Crippen LogP contribution >= 0.6 is 12.4 Å². The summed E-state index contributed by atoms with van der Waals surface area (Å²) in [6, 6.07) is -0.622. The number of nitrogens with two attached hydrogens (primary N) is 1. The number of hydrogen-bond donors (Lipinski definition) is 2. The van der Waals surface area contributed by atoms with Gasteiger partial charge in [-0.05, 0) is 5.92 Å². The molecule has 0 aliphatic heterocycles. The van der Waals surface area contributed by atoms with Crippen LogP contribution in [0.4, 0.5) is 0 Å². The average molecular weight is 297 g/mol. The Balaban J connectivity index is 0. The molecule has 0 bridgehead atoms. The molecule has 3 N–H and O–H groups in total. The molecule has 0 heterocycles. The summed E-state index contributed by atoms with van der Waals surface area (Å²) in [6.07, 6.45) is 0.571. The van der Waals surface area contributed by atoms with Crippen molar-refractivity contribution in [3.8, 4) is 0 Å². The van der Waals surface area contributed by atoms with Gasteiger partial charge in [-0.1, -0.05) is 20.3 Å². The molecule has 114 valence electrons. The lowest BCUT2D eigenvalue weighted by molar-refractivity contribution is -0.146. The molecule has 0 aliphatic rings. The van der Waals surface area contributed by atoms with Gasteiger partial charge in [0.2, 0.25) is 5.91 Å². The van der Waals surface area contributed by atoms with Crippen molar-refractivity contribution < 1.29 is 19.1 Å². The summed E-state index contributed by atoms with van der Waals surface area (Å²) >= 11 is 0. The SMILES string of the molecule is CC[C@H](C)[C@H](NC(=O)CC(CN)OC)C(=O)OC.Cl. The number of methoxy groups -OCH3 is 2. The van der Waals surface area contributed by atoms with E-state index in [0.29, 0.717) is 0 Å². The molecule has 1 amide bonds. The fourth-order valence-corrected chi connectivity index (χ4v) is 1.50. The first-order valence-electron chi connectivity index (χ1n) is 6.10. The van der Waals surface area contributed by atoms with Gasteiger partial charge in [0.15, 0.2) is 0 Å². The van der Waals surface area contributed by atoms with Crippen LogP contribution < -0.4 is 11.1 Å². The van der Waals surface area contributed by atoms with Gasteiger partial charge in [0.05, 0.1) is 19.6 Å². The lowest BCUT2D eigenvalue weighted by atomic mass is 9.99. The Hall–Kier alpha value is -0.850. The van der Waals surface area contributed by atoms with Gasteiger partial charge in [-0.3, -0.25) is 4.79 Å². The van der Waals surface area contributed by atoms with E-state index in [-0.39, 0.29) is 43.3 Å². The van der Waals surface area contributed by atoms with Crippen LogP contribution in [0.3, 0.4) is 0 Å². The molecule has 19 heavy (non-hydrogen) atoms. The third-order valence-corrected chi connectivity index (χ3v) is 2.99. The van der Waals surface area contributed by atoms with Gasteiger partial charge in [0, 0.05) is 13.7 Å². The molecule has 0 aromatic rings. The molecule has 0 saturated carbocycles. The molecule has 0 aliphatic carbocycles. The Morgan fingerprint density at radius 2 is 1.89 bits per heavy atom. The Morgan fingerprint density at radius 1 is 1.32 bits per heavy atom. The van der Waals surface area contributed by atoms with E-state index in [4.69, 9.17) is 10.5 Å². The molecule has 0 saturated heterocycles. The third kappa shape index (κ3) is 7.34. The van der Waals surface area contributed by atoms with Gasteiger partial charge in [-0.25, -0.2) is 4.79 Å². The lowest BCUT2D eigenvalue weighted by Gasteiger charge is -2.22. The van der Waals surface area contributed by atoms with Crippen LogP contribution in [0.2, 0.25) is 0 Å². The summed E-state index contributed by atoms with van der Waals surface area (Å²) in [5.74, 6) is -0.678. The second kappa shape index (κ2) is 11.0. The average Bonchev–Trinajstić information content (AvgIpc) is 2.40. The number of amides is 1. The summed E-state index contributed by atoms with van der Waals surface area (Å²) in [4.78, 5) is 23.3. The van der Waals surface area contributed by atoms with E-state index >= 15 is 0 Å². The van der Waals surface area contributed by atoms with Crippen LogP contribution in [-0.2, 0) is 19.1 Å². The number of carbonyl (C=O) groups is 2. The van der Waals surface area contributed by atoms with Crippen LogP contribution in [-0.4, -0.2) is 44.8 Å². The van der Waals surface area contributed by atoms with E-state index in [1.54, 1.807) is 0 Å². The van der Waals surface area contributed by atoms with Crippen molar-refractivity contribution in [3.05, 3.63) is 0 Å². The molecule has 7 heteroatoms. The number of rotatable bonds is 8. The quantitative estimate of drug-likeness (QED) is 0.636. The minimum atomic E-state index is -0.622. The zero-order chi connectivity index (χ0) is 14.1. The van der Waals surface area contributed by atoms with E-state index < -0.39 is 12.0 Å². The van der Waals surface area contributed by atoms with Crippen molar-refractivity contribution in [2.24, 2.45) is 11.7 Å². The van der Waals surface area contributed by atoms with Gasteiger partial charge in [-0.2, -0.15) is 0 Å². The number of esters is 1. The number of hydrogen-bond acceptors (Lipinski definition) is 5. The molecule has 0 radical (unpaired) electrons. The standard InChI is InChI=1S/C12H24N2O4.ClH/c1-5-8(2)11(12(16)18-4)14-10(15)6-9(7-13)17-3;/h8-9,11H,5-7,13H2,1-4H3,(H,14,15);1H/t8-,9?,11-;/m0./s1. The van der Waals surface area contributed by atoms with Crippen molar-refractivity contribution in [1.82, 2.24) is 5.32 Å². The third-order valence-electron chi connectivity index (χ3n) is 2.99. The molecule has 1 unspecified atom stereocenters. The maximum atomic E-state index is 11.8. The van der Waals surface area contributed by atoms with Gasteiger partial charge >= 0.3 is 5.97 Å². The van der Waals surface area contributed by atoms with E-state index in [0.717, 1.165) is 6.42 Å². The highest BCUT2D eigenvalue weighted by atomic mass is 35.5. The van der Waals surface area contributed by atoms with Crippen LogP contribution in [0.15, 0.2) is 0 Å². The van der Waals surface area contributed by atoms with Crippen molar-refractivity contribution in [1.29, 1.82) is 0 Å². The highest BCUT2D eigenvalue weighted by Gasteiger charge is 2.27. The Bertz CT molecular complexity index is 272. The Kier molecular flexibility index (Phi) is 11.9. The predicted molar refractivity (Wildman–Crippen MR) is 75.1 cm³/mol. The molecular formula is C12H25ClN2O4. The topological polar surface area (TPSA) is 90.7 Å². The summed E-state index contributed by atoms with van der Waals surface area (Å²) in [7, 11) is 2.80. The van der Waals surface area contributed by atoms with Crippen molar-refractivity contribution >= 4 is 24.3 Å². The predicted octanol–water partition coefficient (Wildman–Crippen LogP) is 0.476. The van der Waals surface area contributed by atoms with Crippen molar-refractivity contribution in [2.75, 3.05) is 20.8 Å². The number of halogens is 1. The largest absolute Gasteiger partial charge is 0.467 e. The smallest absolute Gasteiger partial charge is 0.328 e. The Labute approximate surface area is 120 Å². The molecular weight excluding hydrogens is 272 g/mol. The highest BCUT2D eigenvalue weighted by molar-refractivity contribution is 5.85. The van der Waals surface area contributed by atoms with Crippen LogP contribution in [0.1, 0.15) is 26.7 Å². The van der Waals surface area contributed by atoms with Crippen molar-refractivity contribution in [2.45, 2.75) is 38.8 Å². The van der Waals surface area contributed by atoms with Crippen LogP contribution in [0, 0.1) is 5.92 Å². The van der Waals surface area contributed by atoms with Crippen LogP contribution in [0.25, 0.3) is 0 Å². The number of ether oxygens (including phenoxy) is 2. The summed E-state index contributed by atoms with van der Waals surface area (Å²) in [5.41, 5.74) is 5.44. The van der Waals surface area contributed by atoms with Gasteiger partial charge in [-0.15, -0.1) is 12.4 Å². The second-order valence-corrected chi connectivity index (χ2v) is 4.25. The van der Waals surface area contributed by atoms with Crippen LogP contribution in [0.5, 0.6) is 0 Å². The molecule has 0 aromatic carbocycles. The molecule has 0 fully saturated rings. The lowest BCUT2D eigenvalue weighted by Crippen LogP contribution is -2.47. The fourth-order valence-electron chi connectivity index (χ4n) is 1.50. The zero-order valence-corrected chi connectivity index (χ0v) is 12.8. The monoisotopic (exact) mass is 296 g/mol. The molecule has 0 rings (SSSR count). The minimum Gasteiger partial charge on any atom is -0.467 e. The normalized spacial score (nSPS) is 14.8. The second-order valence-electron chi connectivity index (χ2n) is 4.25. The summed E-state index contributed by atoms with van der Waals surface area (Å²) < 4.78 is 9.71. The number of carbonyl (C=O) groups excluding carboxylic acids is 2. The molecule has 3 atom stereocenters. The summed E-state index contributed by atoms with van der Waals surface area (Å²) in [6.45, 7) is 4.10. The van der Waals surface area contributed by atoms with E-state index in [9.17, 15) is 9.59 Å². The first kappa shape index (κ1) is 20.5. The molecule has 6 nitrogen and oxygen atoms in total. The maximum absolute atomic E-state index is 11.8. The van der Waals surface area contributed by atoms with Gasteiger partial charge < -0.3 is 20.5 Å². The molecule has 0 aromatic heterocycles. The van der Waals surface area contributed by atoms with Gasteiger partial charge in [0.1, 0.15) is 6.04 Å². The van der Waals surface area contributed by atoms with E-state index in [2.05, 4.69) is 10.1 Å². The van der Waals surface area contributed by atoms with E-state index in [1.807, 2.05) is 13.8 Å². The van der Waals surface area contributed by atoms with Gasteiger partial charge in [0.25, 0.3) is 0 Å². The number of nitrogens with one attached hydrogen (secondary N) is 1. The summed E-state index contributed by atoms with van der Waals surface area (Å²) in [5, 5.41) is 2.67. The molecule has 0 spiro atoms. The first-order chi connectivity index (χ1) is 8.49. The highest BCUT2D eigenvalue weighted by Crippen LogP contribution is 2.10. The fraction of sp³-hybridized carbons (Fsp3) is 0.833. The van der Waals surface area contributed by atoms with Crippen molar-refractivity contribution in [3.63, 3.8) is 0 Å². The minimum absolute atomic E-state index is 0. The first-order valence-corrected chi connectivity index (χ1v) is 6.10. The zero-order valence-electron chi connectivity index (χ0n) is 12.0.